The highest BCUT2D eigenvalue weighted by Gasteiger charge is 2.24. The summed E-state index contributed by atoms with van der Waals surface area (Å²) in [7, 11) is 4.12. The molecule has 1 aliphatic rings. The Hall–Kier alpha value is -1.92. The highest BCUT2D eigenvalue weighted by atomic mass is 16.5. The summed E-state index contributed by atoms with van der Waals surface area (Å²) < 4.78 is 8.00. The summed E-state index contributed by atoms with van der Waals surface area (Å²) in [4.78, 5) is 18.0. The van der Waals surface area contributed by atoms with Crippen molar-refractivity contribution in [1.29, 1.82) is 0 Å². The van der Waals surface area contributed by atoms with Crippen molar-refractivity contribution >= 4 is 17.0 Å². The third-order valence-electron chi connectivity index (χ3n) is 4.23. The SMILES string of the molecule is CN(C)CCCn1c(C2CCCO2)nc2cc(C(=O)O)ccc21. The molecule has 0 bridgehead atoms. The van der Waals surface area contributed by atoms with E-state index in [2.05, 4.69) is 23.6 Å². The molecular formula is C17H23N3O3. The Balaban J connectivity index is 1.97. The average molecular weight is 317 g/mol. The second-order valence-electron chi connectivity index (χ2n) is 6.29. The predicted molar refractivity (Wildman–Crippen MR) is 87.8 cm³/mol. The van der Waals surface area contributed by atoms with E-state index in [1.807, 2.05) is 6.07 Å². The number of carbonyl (C=O) groups is 1. The first kappa shape index (κ1) is 16.0. The maximum Gasteiger partial charge on any atom is 0.335 e. The van der Waals surface area contributed by atoms with Gasteiger partial charge in [-0.2, -0.15) is 0 Å². The third kappa shape index (κ3) is 3.38. The molecule has 1 saturated heterocycles. The van der Waals surface area contributed by atoms with E-state index >= 15 is 0 Å². The highest BCUT2D eigenvalue weighted by Crippen LogP contribution is 2.31. The molecule has 0 spiro atoms. The van der Waals surface area contributed by atoms with Gasteiger partial charge in [0.25, 0.3) is 0 Å². The molecule has 124 valence electrons. The minimum Gasteiger partial charge on any atom is -0.478 e. The summed E-state index contributed by atoms with van der Waals surface area (Å²) in [6.07, 6.45) is 3.06. The van der Waals surface area contributed by atoms with E-state index < -0.39 is 5.97 Å². The minimum atomic E-state index is -0.923. The number of benzene rings is 1. The van der Waals surface area contributed by atoms with Crippen LogP contribution in [0.5, 0.6) is 0 Å². The Morgan fingerprint density at radius 3 is 2.96 bits per heavy atom. The molecule has 6 heteroatoms. The molecule has 0 aliphatic carbocycles. The molecule has 1 aliphatic heterocycles. The Kier molecular flexibility index (Phi) is 4.63. The number of carboxylic acid groups (broad SMARTS) is 1. The highest BCUT2D eigenvalue weighted by molar-refractivity contribution is 5.92. The first-order chi connectivity index (χ1) is 11.1. The fourth-order valence-corrected chi connectivity index (χ4v) is 3.09. The fourth-order valence-electron chi connectivity index (χ4n) is 3.09. The van der Waals surface area contributed by atoms with E-state index in [0.717, 1.165) is 55.8 Å². The van der Waals surface area contributed by atoms with Gasteiger partial charge in [-0.05, 0) is 58.1 Å². The second kappa shape index (κ2) is 6.68. The van der Waals surface area contributed by atoms with E-state index in [0.29, 0.717) is 0 Å². The van der Waals surface area contributed by atoms with Crippen molar-refractivity contribution in [3.63, 3.8) is 0 Å². The molecule has 0 radical (unpaired) electrons. The number of nitrogens with zero attached hydrogens (tertiary/aromatic N) is 3. The average Bonchev–Trinajstić information content (AvgIpc) is 3.13. The molecule has 2 aromatic rings. The largest absolute Gasteiger partial charge is 0.478 e. The Morgan fingerprint density at radius 2 is 2.30 bits per heavy atom. The van der Waals surface area contributed by atoms with E-state index in [4.69, 9.17) is 14.8 Å². The van der Waals surface area contributed by atoms with Gasteiger partial charge in [0.2, 0.25) is 0 Å². The lowest BCUT2D eigenvalue weighted by Crippen LogP contribution is -2.16. The van der Waals surface area contributed by atoms with E-state index in [-0.39, 0.29) is 11.7 Å². The Bertz CT molecular complexity index is 702. The summed E-state index contributed by atoms with van der Waals surface area (Å²) in [5.41, 5.74) is 1.99. The molecule has 6 nitrogen and oxygen atoms in total. The van der Waals surface area contributed by atoms with Crippen LogP contribution in [0.1, 0.15) is 41.5 Å². The maximum atomic E-state index is 11.2. The van der Waals surface area contributed by atoms with Crippen LogP contribution in [0.2, 0.25) is 0 Å². The standard InChI is InChI=1S/C17H23N3O3/c1-19(2)8-4-9-20-14-7-6-12(17(21)22)11-13(14)18-16(20)15-5-3-10-23-15/h6-7,11,15H,3-5,8-10H2,1-2H3,(H,21,22). The zero-order valence-electron chi connectivity index (χ0n) is 13.7. The van der Waals surface area contributed by atoms with Gasteiger partial charge in [-0.1, -0.05) is 0 Å². The molecule has 0 amide bonds. The summed E-state index contributed by atoms with van der Waals surface area (Å²) >= 11 is 0. The van der Waals surface area contributed by atoms with E-state index in [1.165, 1.54) is 0 Å². The zero-order chi connectivity index (χ0) is 16.4. The zero-order valence-corrected chi connectivity index (χ0v) is 13.7. The lowest BCUT2D eigenvalue weighted by atomic mass is 10.2. The first-order valence-corrected chi connectivity index (χ1v) is 8.06. The molecule has 0 saturated carbocycles. The van der Waals surface area contributed by atoms with Crippen LogP contribution >= 0.6 is 0 Å². The van der Waals surface area contributed by atoms with Crippen LogP contribution in [-0.4, -0.2) is 52.8 Å². The summed E-state index contributed by atoms with van der Waals surface area (Å²) in [6.45, 7) is 2.63. The van der Waals surface area contributed by atoms with Gasteiger partial charge in [0, 0.05) is 13.2 Å². The van der Waals surface area contributed by atoms with Crippen LogP contribution in [0.3, 0.4) is 0 Å². The molecule has 1 fully saturated rings. The number of hydrogen-bond donors (Lipinski definition) is 1. The second-order valence-corrected chi connectivity index (χ2v) is 6.29. The van der Waals surface area contributed by atoms with Crippen molar-refractivity contribution in [2.45, 2.75) is 31.9 Å². The van der Waals surface area contributed by atoms with Gasteiger partial charge in [-0.25, -0.2) is 9.78 Å². The Morgan fingerprint density at radius 1 is 1.48 bits per heavy atom. The van der Waals surface area contributed by atoms with Crippen molar-refractivity contribution < 1.29 is 14.6 Å². The van der Waals surface area contributed by atoms with Gasteiger partial charge in [-0.15, -0.1) is 0 Å². The molecule has 2 heterocycles. The smallest absolute Gasteiger partial charge is 0.335 e. The summed E-state index contributed by atoms with van der Waals surface area (Å²) in [5.74, 6) is 0.00604. The monoisotopic (exact) mass is 317 g/mol. The van der Waals surface area contributed by atoms with Crippen LogP contribution in [0.25, 0.3) is 11.0 Å². The number of aromatic carboxylic acids is 1. The van der Waals surface area contributed by atoms with Crippen molar-refractivity contribution in [2.24, 2.45) is 0 Å². The van der Waals surface area contributed by atoms with Gasteiger partial charge < -0.3 is 19.3 Å². The predicted octanol–water partition coefficient (Wildman–Crippen LogP) is 2.54. The molecule has 3 rings (SSSR count). The molecule has 1 aromatic carbocycles. The lowest BCUT2D eigenvalue weighted by molar-refractivity contribution is 0.0697. The molecular weight excluding hydrogens is 294 g/mol. The first-order valence-electron chi connectivity index (χ1n) is 8.06. The minimum absolute atomic E-state index is 0.0232. The van der Waals surface area contributed by atoms with E-state index in [9.17, 15) is 4.79 Å². The maximum absolute atomic E-state index is 11.2. The van der Waals surface area contributed by atoms with Crippen molar-refractivity contribution in [2.75, 3.05) is 27.2 Å². The van der Waals surface area contributed by atoms with Gasteiger partial charge >= 0.3 is 5.97 Å². The number of imidazole rings is 1. The van der Waals surface area contributed by atoms with Crippen LogP contribution in [0.15, 0.2) is 18.2 Å². The number of hydrogen-bond acceptors (Lipinski definition) is 4. The molecule has 1 aromatic heterocycles. The van der Waals surface area contributed by atoms with Crippen LogP contribution < -0.4 is 0 Å². The quantitative estimate of drug-likeness (QED) is 0.887. The van der Waals surface area contributed by atoms with Gasteiger partial charge in [0.05, 0.1) is 16.6 Å². The number of ether oxygens (including phenoxy) is 1. The molecule has 1 N–H and O–H groups in total. The number of aromatic nitrogens is 2. The third-order valence-corrected chi connectivity index (χ3v) is 4.23. The molecule has 23 heavy (non-hydrogen) atoms. The number of fused-ring (bicyclic) bond motifs is 1. The van der Waals surface area contributed by atoms with Gasteiger partial charge in [0.15, 0.2) is 0 Å². The van der Waals surface area contributed by atoms with Crippen LogP contribution in [-0.2, 0) is 11.3 Å². The van der Waals surface area contributed by atoms with Gasteiger partial charge in [0.1, 0.15) is 11.9 Å². The van der Waals surface area contributed by atoms with Crippen molar-refractivity contribution in [3.8, 4) is 0 Å². The van der Waals surface area contributed by atoms with E-state index in [1.54, 1.807) is 12.1 Å². The Labute approximate surface area is 135 Å². The van der Waals surface area contributed by atoms with Crippen LogP contribution in [0.4, 0.5) is 0 Å². The molecule has 1 unspecified atom stereocenters. The van der Waals surface area contributed by atoms with Crippen LogP contribution in [0, 0.1) is 0 Å². The fraction of sp³-hybridized carbons (Fsp3) is 0.529. The van der Waals surface area contributed by atoms with Gasteiger partial charge in [-0.3, -0.25) is 0 Å². The number of carboxylic acids is 1. The summed E-state index contributed by atoms with van der Waals surface area (Å²) in [5, 5.41) is 9.17. The topological polar surface area (TPSA) is 67.6 Å². The molecule has 1 atom stereocenters. The lowest BCUT2D eigenvalue weighted by Gasteiger charge is -2.15. The van der Waals surface area contributed by atoms with Crippen molar-refractivity contribution in [3.05, 3.63) is 29.6 Å². The normalized spacial score (nSPS) is 18.1. The number of rotatable bonds is 6. The van der Waals surface area contributed by atoms with Crippen molar-refractivity contribution in [1.82, 2.24) is 14.5 Å². The number of aryl methyl sites for hydroxylation is 1. The summed E-state index contributed by atoms with van der Waals surface area (Å²) in [6, 6.07) is 5.16.